The highest BCUT2D eigenvalue weighted by Crippen LogP contribution is 2.29. The Kier molecular flexibility index (Phi) is 7.18. The molecule has 1 amide bonds. The number of hydrogen-bond acceptors (Lipinski definition) is 6. The molecule has 0 radical (unpaired) electrons. The molecule has 1 heterocycles. The zero-order chi connectivity index (χ0) is 20.0. The van der Waals surface area contributed by atoms with E-state index in [1.807, 2.05) is 25.7 Å². The molecule has 0 spiro atoms. The van der Waals surface area contributed by atoms with E-state index in [-0.39, 0.29) is 24.1 Å². The molecule has 1 aromatic heterocycles. The van der Waals surface area contributed by atoms with Crippen LogP contribution in [0.25, 0.3) is 10.9 Å². The van der Waals surface area contributed by atoms with Crippen LogP contribution in [-0.2, 0) is 11.3 Å². The number of hydrogen-bond donors (Lipinski definition) is 2. The van der Waals surface area contributed by atoms with E-state index in [4.69, 9.17) is 9.47 Å². The largest absolute Gasteiger partial charge is 0.493 e. The number of carbonyl (C=O) groups is 1. The minimum atomic E-state index is -0.254. The van der Waals surface area contributed by atoms with Crippen molar-refractivity contribution in [1.29, 1.82) is 0 Å². The van der Waals surface area contributed by atoms with Crippen molar-refractivity contribution in [3.05, 3.63) is 28.3 Å². The summed E-state index contributed by atoms with van der Waals surface area (Å²) in [7, 11) is 3.05. The Morgan fingerprint density at radius 3 is 2.52 bits per heavy atom. The highest BCUT2D eigenvalue weighted by Gasteiger charge is 2.15. The Morgan fingerprint density at radius 2 is 1.93 bits per heavy atom. The summed E-state index contributed by atoms with van der Waals surface area (Å²) in [6, 6.07) is 3.43. The first-order valence-corrected chi connectivity index (χ1v) is 9.08. The van der Waals surface area contributed by atoms with Crippen molar-refractivity contribution >= 4 is 16.8 Å². The number of H-pyrrole nitrogens is 1. The molecule has 0 aliphatic carbocycles. The predicted octanol–water partition coefficient (Wildman–Crippen LogP) is 1.68. The smallest absolute Gasteiger partial charge is 0.258 e. The van der Waals surface area contributed by atoms with Crippen LogP contribution in [0.2, 0.25) is 0 Å². The van der Waals surface area contributed by atoms with Gasteiger partial charge in [0.2, 0.25) is 5.91 Å². The van der Waals surface area contributed by atoms with Gasteiger partial charge in [0.1, 0.15) is 5.82 Å². The number of nitrogens with one attached hydrogen (secondary N) is 2. The quantitative estimate of drug-likeness (QED) is 0.691. The molecule has 0 unspecified atom stereocenters. The van der Waals surface area contributed by atoms with Crippen molar-refractivity contribution in [2.45, 2.75) is 39.8 Å². The molecular weight excluding hydrogens is 348 g/mol. The first-order valence-electron chi connectivity index (χ1n) is 9.08. The summed E-state index contributed by atoms with van der Waals surface area (Å²) >= 11 is 0. The normalized spacial score (nSPS) is 12.2. The van der Waals surface area contributed by atoms with E-state index in [1.54, 1.807) is 12.1 Å². The Hall–Kier alpha value is -2.61. The van der Waals surface area contributed by atoms with E-state index in [9.17, 15) is 9.59 Å². The summed E-state index contributed by atoms with van der Waals surface area (Å²) in [5.41, 5.74) is 0.266. The third-order valence-electron chi connectivity index (χ3n) is 4.47. The van der Waals surface area contributed by atoms with Gasteiger partial charge in [0, 0.05) is 12.1 Å². The second-order valence-corrected chi connectivity index (χ2v) is 6.42. The number of aromatic amines is 1. The van der Waals surface area contributed by atoms with Crippen LogP contribution in [-0.4, -0.2) is 54.1 Å². The van der Waals surface area contributed by atoms with Crippen LogP contribution in [0.4, 0.5) is 0 Å². The van der Waals surface area contributed by atoms with Crippen molar-refractivity contribution < 1.29 is 14.3 Å². The maximum absolute atomic E-state index is 12.5. The second kappa shape index (κ2) is 9.36. The minimum absolute atomic E-state index is 0.0410. The van der Waals surface area contributed by atoms with Crippen molar-refractivity contribution in [3.8, 4) is 11.5 Å². The fourth-order valence-corrected chi connectivity index (χ4v) is 2.71. The maximum Gasteiger partial charge on any atom is 0.258 e. The standard InChI is InChI=1S/C19H28N4O4/c1-6-12(3)20-18(24)11-23(7-2)10-17-21-14-9-16(27-5)15(26-4)8-13(14)19(25)22-17/h8-9,12H,6-7,10-11H2,1-5H3,(H,20,24)(H,21,22,25)/t12-/m0/s1. The number of amides is 1. The fraction of sp³-hybridized carbons (Fsp3) is 0.526. The lowest BCUT2D eigenvalue weighted by Gasteiger charge is -2.21. The molecule has 0 saturated carbocycles. The fourth-order valence-electron chi connectivity index (χ4n) is 2.71. The molecule has 2 N–H and O–H groups in total. The van der Waals surface area contributed by atoms with Crippen LogP contribution in [0.15, 0.2) is 16.9 Å². The molecule has 1 aromatic carbocycles. The lowest BCUT2D eigenvalue weighted by molar-refractivity contribution is -0.123. The number of carbonyl (C=O) groups excluding carboxylic acids is 1. The number of rotatable bonds is 9. The van der Waals surface area contributed by atoms with Gasteiger partial charge in [0.25, 0.3) is 5.56 Å². The third kappa shape index (κ3) is 5.19. The number of likely N-dealkylation sites (N-methyl/N-ethyl adjacent to an activating group) is 1. The average Bonchev–Trinajstić information content (AvgIpc) is 2.66. The number of benzene rings is 1. The summed E-state index contributed by atoms with van der Waals surface area (Å²) in [6.45, 7) is 7.22. The van der Waals surface area contributed by atoms with E-state index >= 15 is 0 Å². The lowest BCUT2D eigenvalue weighted by Crippen LogP contribution is -2.40. The van der Waals surface area contributed by atoms with Crippen LogP contribution in [0, 0.1) is 0 Å². The van der Waals surface area contributed by atoms with E-state index in [0.29, 0.717) is 41.3 Å². The molecule has 2 rings (SSSR count). The van der Waals surface area contributed by atoms with Crippen molar-refractivity contribution in [2.75, 3.05) is 27.3 Å². The van der Waals surface area contributed by atoms with E-state index in [2.05, 4.69) is 15.3 Å². The summed E-state index contributed by atoms with van der Waals surface area (Å²) in [4.78, 5) is 33.8. The average molecular weight is 376 g/mol. The van der Waals surface area contributed by atoms with E-state index in [0.717, 1.165) is 6.42 Å². The van der Waals surface area contributed by atoms with Crippen LogP contribution < -0.4 is 20.3 Å². The SMILES string of the molecule is CC[C@H](C)NC(=O)CN(CC)Cc1nc2cc(OC)c(OC)cc2c(=O)[nH]1. The molecule has 8 heteroatoms. The van der Waals surface area contributed by atoms with Gasteiger partial charge in [0.05, 0.1) is 38.2 Å². The minimum Gasteiger partial charge on any atom is -0.493 e. The number of nitrogens with zero attached hydrogens (tertiary/aromatic N) is 2. The van der Waals surface area contributed by atoms with E-state index in [1.165, 1.54) is 14.2 Å². The molecule has 8 nitrogen and oxygen atoms in total. The third-order valence-corrected chi connectivity index (χ3v) is 4.47. The van der Waals surface area contributed by atoms with Gasteiger partial charge in [-0.05, 0) is 26.0 Å². The van der Waals surface area contributed by atoms with Crippen LogP contribution in [0.5, 0.6) is 11.5 Å². The Morgan fingerprint density at radius 1 is 1.26 bits per heavy atom. The molecule has 0 fully saturated rings. The van der Waals surface area contributed by atoms with Gasteiger partial charge in [-0.25, -0.2) is 4.98 Å². The van der Waals surface area contributed by atoms with Gasteiger partial charge in [0.15, 0.2) is 11.5 Å². The zero-order valence-corrected chi connectivity index (χ0v) is 16.6. The molecule has 0 bridgehead atoms. The van der Waals surface area contributed by atoms with Gasteiger partial charge < -0.3 is 19.8 Å². The van der Waals surface area contributed by atoms with Crippen molar-refractivity contribution in [1.82, 2.24) is 20.2 Å². The second-order valence-electron chi connectivity index (χ2n) is 6.42. The summed E-state index contributed by atoms with van der Waals surface area (Å²) in [5, 5.41) is 3.37. The van der Waals surface area contributed by atoms with Crippen molar-refractivity contribution in [3.63, 3.8) is 0 Å². The molecule has 0 saturated heterocycles. The topological polar surface area (TPSA) is 96.6 Å². The number of methoxy groups -OCH3 is 2. The molecule has 2 aromatic rings. The highest BCUT2D eigenvalue weighted by molar-refractivity contribution is 5.82. The molecule has 0 aliphatic heterocycles. The Labute approximate surface area is 158 Å². The van der Waals surface area contributed by atoms with Crippen LogP contribution in [0.1, 0.15) is 33.0 Å². The molecule has 27 heavy (non-hydrogen) atoms. The van der Waals surface area contributed by atoms with Crippen LogP contribution in [0.3, 0.4) is 0 Å². The van der Waals surface area contributed by atoms with Gasteiger partial charge in [-0.3, -0.25) is 14.5 Å². The zero-order valence-electron chi connectivity index (χ0n) is 16.6. The summed E-state index contributed by atoms with van der Waals surface area (Å²) in [5.74, 6) is 1.44. The van der Waals surface area contributed by atoms with Gasteiger partial charge in [-0.2, -0.15) is 0 Å². The van der Waals surface area contributed by atoms with Gasteiger partial charge in [-0.1, -0.05) is 13.8 Å². The number of fused-ring (bicyclic) bond motifs is 1. The van der Waals surface area contributed by atoms with Crippen molar-refractivity contribution in [2.24, 2.45) is 0 Å². The number of ether oxygens (including phenoxy) is 2. The van der Waals surface area contributed by atoms with Gasteiger partial charge >= 0.3 is 0 Å². The molecular formula is C19H28N4O4. The highest BCUT2D eigenvalue weighted by atomic mass is 16.5. The Bertz CT molecular complexity index is 849. The first kappa shape index (κ1) is 20.7. The number of aromatic nitrogens is 2. The van der Waals surface area contributed by atoms with E-state index < -0.39 is 0 Å². The molecule has 1 atom stereocenters. The van der Waals surface area contributed by atoms with Gasteiger partial charge in [-0.15, -0.1) is 0 Å². The lowest BCUT2D eigenvalue weighted by atomic mass is 10.2. The summed E-state index contributed by atoms with van der Waals surface area (Å²) < 4.78 is 10.5. The summed E-state index contributed by atoms with van der Waals surface area (Å²) in [6.07, 6.45) is 0.878. The van der Waals surface area contributed by atoms with Crippen LogP contribution >= 0.6 is 0 Å². The predicted molar refractivity (Wildman–Crippen MR) is 104 cm³/mol. The first-order chi connectivity index (χ1) is 12.9. The Balaban J connectivity index is 2.24. The monoisotopic (exact) mass is 376 g/mol. The maximum atomic E-state index is 12.5. The molecule has 0 aliphatic rings. The molecule has 148 valence electrons.